The van der Waals surface area contributed by atoms with Crippen LogP contribution in [0, 0.1) is 5.41 Å². The molecule has 1 rings (SSSR count). The highest BCUT2D eigenvalue weighted by Crippen LogP contribution is 2.30. The van der Waals surface area contributed by atoms with Crippen molar-refractivity contribution in [2.45, 2.75) is 27.2 Å². The van der Waals surface area contributed by atoms with Crippen molar-refractivity contribution in [3.63, 3.8) is 0 Å². The van der Waals surface area contributed by atoms with E-state index in [1.54, 1.807) is 13.1 Å². The van der Waals surface area contributed by atoms with Crippen molar-refractivity contribution in [2.24, 2.45) is 5.41 Å². The molecular weight excluding hydrogens is 311 g/mol. The minimum absolute atomic E-state index is 0.0515. The normalized spacial score (nSPS) is 11.1. The third-order valence-corrected chi connectivity index (χ3v) is 3.59. The largest absolute Gasteiger partial charge is 0.369 e. The summed E-state index contributed by atoms with van der Waals surface area (Å²) in [4.78, 5) is 16.1. The third-order valence-electron chi connectivity index (χ3n) is 3.01. The van der Waals surface area contributed by atoms with Crippen molar-refractivity contribution in [1.29, 1.82) is 0 Å². The number of anilines is 2. The summed E-state index contributed by atoms with van der Waals surface area (Å²) >= 11 is 12.2. The molecule has 0 aliphatic heterocycles. The maximum Gasteiger partial charge on any atom is 0.227 e. The average molecular weight is 333 g/mol. The molecule has 1 aromatic heterocycles. The van der Waals surface area contributed by atoms with Crippen molar-refractivity contribution in [3.05, 3.63) is 16.1 Å². The monoisotopic (exact) mass is 332 g/mol. The van der Waals surface area contributed by atoms with Gasteiger partial charge in [-0.15, -0.1) is 0 Å². The van der Waals surface area contributed by atoms with Gasteiger partial charge in [0.1, 0.15) is 11.6 Å². The van der Waals surface area contributed by atoms with Gasteiger partial charge in [-0.05, 0) is 26.3 Å². The molecule has 0 bridgehead atoms. The Kier molecular flexibility index (Phi) is 6.55. The second-order valence-corrected chi connectivity index (χ2v) is 6.21. The SMILES string of the molecule is CCCNc1nc(NCC(C)(C)C(=O)NC)c(Cl)cc1Cl. The van der Waals surface area contributed by atoms with Gasteiger partial charge in [0.25, 0.3) is 0 Å². The van der Waals surface area contributed by atoms with E-state index in [1.807, 2.05) is 13.8 Å². The van der Waals surface area contributed by atoms with Crippen LogP contribution in [-0.4, -0.2) is 31.0 Å². The molecule has 1 aromatic rings. The zero-order valence-electron chi connectivity index (χ0n) is 12.8. The first-order valence-corrected chi connectivity index (χ1v) is 7.63. The molecule has 0 spiro atoms. The highest BCUT2D eigenvalue weighted by atomic mass is 35.5. The Bertz CT molecular complexity index is 506. The molecule has 0 aromatic carbocycles. The van der Waals surface area contributed by atoms with Crippen LogP contribution in [0.1, 0.15) is 27.2 Å². The van der Waals surface area contributed by atoms with Crippen LogP contribution < -0.4 is 16.0 Å². The molecule has 0 saturated heterocycles. The highest BCUT2D eigenvalue weighted by molar-refractivity contribution is 6.37. The van der Waals surface area contributed by atoms with E-state index in [0.29, 0.717) is 28.2 Å². The first-order valence-electron chi connectivity index (χ1n) is 6.87. The van der Waals surface area contributed by atoms with Gasteiger partial charge in [0.2, 0.25) is 5.91 Å². The van der Waals surface area contributed by atoms with E-state index in [0.717, 1.165) is 13.0 Å². The molecule has 0 atom stereocenters. The van der Waals surface area contributed by atoms with Gasteiger partial charge in [0.05, 0.1) is 15.5 Å². The Hall–Kier alpha value is -1.20. The standard InChI is InChI=1S/C14H22Cl2N4O/c1-5-6-18-11-9(15)7-10(16)12(20-11)19-8-14(2,3)13(21)17-4/h7H,5-6,8H2,1-4H3,(H,17,21)(H2,18,19,20). The molecule has 21 heavy (non-hydrogen) atoms. The van der Waals surface area contributed by atoms with Crippen LogP contribution in [0.5, 0.6) is 0 Å². The third kappa shape index (κ3) is 4.93. The summed E-state index contributed by atoms with van der Waals surface area (Å²) in [5.74, 6) is 1.05. The molecule has 0 fully saturated rings. The number of carbonyl (C=O) groups excluding carboxylic acids is 1. The maximum atomic E-state index is 11.8. The number of carbonyl (C=O) groups is 1. The summed E-state index contributed by atoms with van der Waals surface area (Å²) in [5, 5.41) is 9.79. The first kappa shape index (κ1) is 17.9. The average Bonchev–Trinajstić information content (AvgIpc) is 2.44. The van der Waals surface area contributed by atoms with Crippen molar-refractivity contribution in [2.75, 3.05) is 30.8 Å². The first-order chi connectivity index (χ1) is 9.81. The summed E-state index contributed by atoms with van der Waals surface area (Å²) in [6, 6.07) is 1.64. The van der Waals surface area contributed by atoms with Crippen LogP contribution in [0.15, 0.2) is 6.07 Å². The molecule has 7 heteroatoms. The maximum absolute atomic E-state index is 11.8. The van der Waals surface area contributed by atoms with Gasteiger partial charge in [-0.3, -0.25) is 4.79 Å². The molecule has 1 heterocycles. The smallest absolute Gasteiger partial charge is 0.227 e. The lowest BCUT2D eigenvalue weighted by Crippen LogP contribution is -2.39. The van der Waals surface area contributed by atoms with E-state index in [9.17, 15) is 4.79 Å². The predicted octanol–water partition coefficient (Wildman–Crippen LogP) is 3.39. The number of halogens is 2. The van der Waals surface area contributed by atoms with E-state index in [-0.39, 0.29) is 5.91 Å². The summed E-state index contributed by atoms with van der Waals surface area (Å²) in [7, 11) is 1.62. The quantitative estimate of drug-likeness (QED) is 0.716. The molecule has 0 aliphatic carbocycles. The zero-order chi connectivity index (χ0) is 16.0. The van der Waals surface area contributed by atoms with E-state index in [1.165, 1.54) is 0 Å². The Morgan fingerprint density at radius 3 is 2.33 bits per heavy atom. The molecule has 118 valence electrons. The van der Waals surface area contributed by atoms with Gasteiger partial charge in [-0.1, -0.05) is 30.1 Å². The summed E-state index contributed by atoms with van der Waals surface area (Å²) in [6.45, 7) is 6.94. The Balaban J connectivity index is 2.85. The van der Waals surface area contributed by atoms with E-state index >= 15 is 0 Å². The molecule has 0 unspecified atom stereocenters. The number of hydrogen-bond acceptors (Lipinski definition) is 4. The number of amides is 1. The summed E-state index contributed by atoms with van der Waals surface area (Å²) < 4.78 is 0. The van der Waals surface area contributed by atoms with Crippen molar-refractivity contribution in [1.82, 2.24) is 10.3 Å². The summed E-state index contributed by atoms with van der Waals surface area (Å²) in [6.07, 6.45) is 0.965. The van der Waals surface area contributed by atoms with Crippen LogP contribution in [0.25, 0.3) is 0 Å². The fourth-order valence-electron chi connectivity index (χ4n) is 1.68. The zero-order valence-corrected chi connectivity index (χ0v) is 14.3. The van der Waals surface area contributed by atoms with Gasteiger partial charge in [0, 0.05) is 20.1 Å². The van der Waals surface area contributed by atoms with Crippen molar-refractivity contribution in [3.8, 4) is 0 Å². The molecular formula is C14H22Cl2N4O. The van der Waals surface area contributed by atoms with E-state index in [2.05, 4.69) is 27.9 Å². The lowest BCUT2D eigenvalue weighted by molar-refractivity contribution is -0.128. The minimum atomic E-state index is -0.573. The van der Waals surface area contributed by atoms with E-state index in [4.69, 9.17) is 23.2 Å². The predicted molar refractivity (Wildman–Crippen MR) is 89.4 cm³/mol. The number of aromatic nitrogens is 1. The number of nitrogens with zero attached hydrogens (tertiary/aromatic N) is 1. The molecule has 0 saturated carbocycles. The minimum Gasteiger partial charge on any atom is -0.369 e. The summed E-state index contributed by atoms with van der Waals surface area (Å²) in [5.41, 5.74) is -0.573. The molecule has 0 aliphatic rings. The van der Waals surface area contributed by atoms with Gasteiger partial charge >= 0.3 is 0 Å². The second kappa shape index (κ2) is 7.71. The van der Waals surface area contributed by atoms with Crippen LogP contribution >= 0.6 is 23.2 Å². The van der Waals surface area contributed by atoms with Crippen molar-refractivity contribution < 1.29 is 4.79 Å². The molecule has 1 amide bonds. The van der Waals surface area contributed by atoms with Crippen LogP contribution in [0.4, 0.5) is 11.6 Å². The number of pyridine rings is 1. The van der Waals surface area contributed by atoms with Gasteiger partial charge < -0.3 is 16.0 Å². The molecule has 0 radical (unpaired) electrons. The Labute approximate surface area is 135 Å². The van der Waals surface area contributed by atoms with Crippen molar-refractivity contribution >= 4 is 40.7 Å². The lowest BCUT2D eigenvalue weighted by atomic mass is 9.92. The number of rotatable bonds is 7. The van der Waals surface area contributed by atoms with Crippen LogP contribution in [-0.2, 0) is 4.79 Å². The lowest BCUT2D eigenvalue weighted by Gasteiger charge is -2.23. The number of nitrogens with one attached hydrogen (secondary N) is 3. The van der Waals surface area contributed by atoms with Gasteiger partial charge in [0.15, 0.2) is 0 Å². The second-order valence-electron chi connectivity index (χ2n) is 5.39. The van der Waals surface area contributed by atoms with Gasteiger partial charge in [-0.25, -0.2) is 4.98 Å². The topological polar surface area (TPSA) is 66.0 Å². The highest BCUT2D eigenvalue weighted by Gasteiger charge is 2.26. The molecule has 3 N–H and O–H groups in total. The van der Waals surface area contributed by atoms with Crippen LogP contribution in [0.2, 0.25) is 10.0 Å². The fraction of sp³-hybridized carbons (Fsp3) is 0.571. The fourth-order valence-corrected chi connectivity index (χ4v) is 2.17. The number of hydrogen-bond donors (Lipinski definition) is 3. The Morgan fingerprint density at radius 2 is 1.81 bits per heavy atom. The Morgan fingerprint density at radius 1 is 1.24 bits per heavy atom. The van der Waals surface area contributed by atoms with Crippen LogP contribution in [0.3, 0.4) is 0 Å². The van der Waals surface area contributed by atoms with Gasteiger partial charge in [-0.2, -0.15) is 0 Å². The molecule has 5 nitrogen and oxygen atoms in total. The van der Waals surface area contributed by atoms with E-state index < -0.39 is 5.41 Å².